The topological polar surface area (TPSA) is 53.4 Å². The van der Waals surface area contributed by atoms with Crippen LogP contribution in [0, 0.1) is 0 Å². The predicted molar refractivity (Wildman–Crippen MR) is 52.4 cm³/mol. The van der Waals surface area contributed by atoms with Gasteiger partial charge in [0.1, 0.15) is 0 Å². The number of hydrogen-bond acceptors (Lipinski definition) is 2. The molecular weight excluding hydrogens is 164 g/mol. The lowest BCUT2D eigenvalue weighted by molar-refractivity contribution is 0.505. The van der Waals surface area contributed by atoms with Gasteiger partial charge in [-0.2, -0.15) is 0 Å². The largest absolute Gasteiger partial charge is 0.369 e. The van der Waals surface area contributed by atoms with Crippen LogP contribution in [0.5, 0.6) is 0 Å². The number of guanidine groups is 1. The van der Waals surface area contributed by atoms with Crippen LogP contribution in [0.3, 0.4) is 0 Å². The van der Waals surface area contributed by atoms with E-state index in [1.165, 1.54) is 0 Å². The second kappa shape index (κ2) is 3.45. The summed E-state index contributed by atoms with van der Waals surface area (Å²) in [6.07, 6.45) is 0. The maximum atomic E-state index is 5.64. The summed E-state index contributed by atoms with van der Waals surface area (Å²) in [5, 5.41) is 1.99. The zero-order valence-corrected chi connectivity index (χ0v) is 7.27. The Balaban J connectivity index is 2.01. The first-order valence-corrected chi connectivity index (χ1v) is 4.25. The van der Waals surface area contributed by atoms with Crippen molar-refractivity contribution < 1.29 is 0 Å². The van der Waals surface area contributed by atoms with Crippen LogP contribution in [0.2, 0.25) is 0 Å². The number of nitrogens with one attached hydrogen (secondary N) is 1. The third-order valence-corrected chi connectivity index (χ3v) is 1.73. The van der Waals surface area contributed by atoms with Gasteiger partial charge in [0.25, 0.3) is 0 Å². The molecule has 68 valence electrons. The number of rotatable bonds is 2. The molecule has 2 rings (SSSR count). The quantitative estimate of drug-likeness (QED) is 0.391. The van der Waals surface area contributed by atoms with Crippen LogP contribution < -0.4 is 11.2 Å². The lowest BCUT2D eigenvalue weighted by atomic mass is 10.3. The lowest BCUT2D eigenvalue weighted by Gasteiger charge is -2.03. The molecule has 1 aliphatic rings. The van der Waals surface area contributed by atoms with Crippen molar-refractivity contribution in [3.63, 3.8) is 0 Å². The molecule has 0 radical (unpaired) electrons. The number of nitrogens with two attached hydrogens (primary N) is 1. The van der Waals surface area contributed by atoms with Crippen molar-refractivity contribution in [2.75, 3.05) is 13.1 Å². The predicted octanol–water partition coefficient (Wildman–Crippen LogP) is 0.453. The Morgan fingerprint density at radius 1 is 1.31 bits per heavy atom. The van der Waals surface area contributed by atoms with E-state index in [1.54, 1.807) is 0 Å². The van der Waals surface area contributed by atoms with E-state index in [4.69, 9.17) is 5.73 Å². The minimum atomic E-state index is 0.448. The molecule has 1 saturated heterocycles. The van der Waals surface area contributed by atoms with Crippen molar-refractivity contribution in [3.05, 3.63) is 30.3 Å². The van der Waals surface area contributed by atoms with Gasteiger partial charge in [-0.25, -0.2) is 10.0 Å². The number of hydrazine groups is 1. The molecule has 1 aliphatic heterocycles. The van der Waals surface area contributed by atoms with Gasteiger partial charge in [-0.15, -0.1) is 0 Å². The fourth-order valence-electron chi connectivity index (χ4n) is 0.990. The highest BCUT2D eigenvalue weighted by Gasteiger charge is 2.16. The fraction of sp³-hybridized carbons (Fsp3) is 0.222. The molecule has 0 atom stereocenters. The molecule has 0 spiro atoms. The molecule has 0 bridgehead atoms. The van der Waals surface area contributed by atoms with Gasteiger partial charge in [0, 0.05) is 13.1 Å². The first-order chi connectivity index (χ1) is 6.34. The van der Waals surface area contributed by atoms with E-state index in [2.05, 4.69) is 10.4 Å². The van der Waals surface area contributed by atoms with Crippen LogP contribution >= 0.6 is 0 Å². The first-order valence-electron chi connectivity index (χ1n) is 4.25. The van der Waals surface area contributed by atoms with Crippen LogP contribution in [0.1, 0.15) is 0 Å². The molecule has 4 heteroatoms. The number of aliphatic imine (C=N–C) groups is 1. The lowest BCUT2D eigenvalue weighted by Crippen LogP contribution is -2.35. The molecule has 3 N–H and O–H groups in total. The Morgan fingerprint density at radius 3 is 2.62 bits per heavy atom. The minimum absolute atomic E-state index is 0.448. The maximum Gasteiger partial charge on any atom is 0.208 e. The zero-order chi connectivity index (χ0) is 9.10. The maximum absolute atomic E-state index is 5.64. The molecule has 0 saturated carbocycles. The van der Waals surface area contributed by atoms with Gasteiger partial charge >= 0.3 is 0 Å². The SMILES string of the molecule is NC(=Nc1ccccc1)NN1CC1. The summed E-state index contributed by atoms with van der Waals surface area (Å²) < 4.78 is 0. The third-order valence-electron chi connectivity index (χ3n) is 1.73. The van der Waals surface area contributed by atoms with Crippen LogP contribution in [0.15, 0.2) is 35.3 Å². The molecule has 0 aromatic heterocycles. The number of benzene rings is 1. The summed E-state index contributed by atoms with van der Waals surface area (Å²) in [5.41, 5.74) is 9.48. The van der Waals surface area contributed by atoms with Crippen molar-refractivity contribution in [2.45, 2.75) is 0 Å². The van der Waals surface area contributed by atoms with E-state index >= 15 is 0 Å². The molecule has 1 aromatic rings. The van der Waals surface area contributed by atoms with E-state index in [0.717, 1.165) is 18.8 Å². The number of nitrogens with zero attached hydrogens (tertiary/aromatic N) is 2. The Labute approximate surface area is 77.0 Å². The highest BCUT2D eigenvalue weighted by atomic mass is 15.6. The van der Waals surface area contributed by atoms with Gasteiger partial charge < -0.3 is 5.73 Å². The van der Waals surface area contributed by atoms with Crippen LogP contribution in [-0.2, 0) is 0 Å². The van der Waals surface area contributed by atoms with Crippen LogP contribution in [0.25, 0.3) is 0 Å². The normalized spacial score (nSPS) is 17.1. The summed E-state index contributed by atoms with van der Waals surface area (Å²) in [6, 6.07) is 9.65. The summed E-state index contributed by atoms with van der Waals surface area (Å²) in [4.78, 5) is 4.18. The average molecular weight is 176 g/mol. The van der Waals surface area contributed by atoms with Crippen LogP contribution in [-0.4, -0.2) is 24.1 Å². The third kappa shape index (κ3) is 2.45. The van der Waals surface area contributed by atoms with E-state index < -0.39 is 0 Å². The Morgan fingerprint density at radius 2 is 2.00 bits per heavy atom. The Bertz CT molecular complexity index is 303. The van der Waals surface area contributed by atoms with Gasteiger partial charge in [0.05, 0.1) is 5.69 Å². The summed E-state index contributed by atoms with van der Waals surface area (Å²) >= 11 is 0. The Hall–Kier alpha value is -1.55. The molecule has 0 unspecified atom stereocenters. The minimum Gasteiger partial charge on any atom is -0.369 e. The molecule has 0 amide bonds. The van der Waals surface area contributed by atoms with Crippen molar-refractivity contribution >= 4 is 11.6 Å². The van der Waals surface area contributed by atoms with Gasteiger partial charge in [0.15, 0.2) is 0 Å². The fourth-order valence-corrected chi connectivity index (χ4v) is 0.990. The van der Waals surface area contributed by atoms with Gasteiger partial charge in [-0.1, -0.05) is 18.2 Å². The first kappa shape index (κ1) is 8.07. The highest BCUT2D eigenvalue weighted by Crippen LogP contribution is 2.09. The van der Waals surface area contributed by atoms with E-state index in [0.29, 0.717) is 5.96 Å². The van der Waals surface area contributed by atoms with E-state index in [1.807, 2.05) is 35.3 Å². The smallest absolute Gasteiger partial charge is 0.208 e. The molecular formula is C9H12N4. The van der Waals surface area contributed by atoms with E-state index in [-0.39, 0.29) is 0 Å². The summed E-state index contributed by atoms with van der Waals surface area (Å²) in [6.45, 7) is 2.09. The van der Waals surface area contributed by atoms with Crippen molar-refractivity contribution in [1.82, 2.24) is 10.4 Å². The van der Waals surface area contributed by atoms with Crippen molar-refractivity contribution in [1.29, 1.82) is 0 Å². The zero-order valence-electron chi connectivity index (χ0n) is 7.27. The standard InChI is InChI=1S/C9H12N4/c10-9(12-13-6-7-13)11-8-4-2-1-3-5-8/h1-5H,6-7H2,(H3,10,11,12). The van der Waals surface area contributed by atoms with Gasteiger partial charge in [-0.3, -0.25) is 5.43 Å². The molecule has 1 aromatic carbocycles. The van der Waals surface area contributed by atoms with Gasteiger partial charge in [0.2, 0.25) is 5.96 Å². The molecule has 13 heavy (non-hydrogen) atoms. The Kier molecular flexibility index (Phi) is 2.14. The molecule has 1 fully saturated rings. The summed E-state index contributed by atoms with van der Waals surface area (Å²) in [7, 11) is 0. The summed E-state index contributed by atoms with van der Waals surface area (Å²) in [5.74, 6) is 0.448. The van der Waals surface area contributed by atoms with E-state index in [9.17, 15) is 0 Å². The number of para-hydroxylation sites is 1. The second-order valence-electron chi connectivity index (χ2n) is 2.93. The van der Waals surface area contributed by atoms with Crippen LogP contribution in [0.4, 0.5) is 5.69 Å². The molecule has 4 nitrogen and oxygen atoms in total. The van der Waals surface area contributed by atoms with Crippen molar-refractivity contribution in [3.8, 4) is 0 Å². The highest BCUT2D eigenvalue weighted by molar-refractivity contribution is 5.80. The van der Waals surface area contributed by atoms with Crippen molar-refractivity contribution in [2.24, 2.45) is 10.7 Å². The number of hydrogen-bond donors (Lipinski definition) is 2. The monoisotopic (exact) mass is 176 g/mol. The molecule has 1 heterocycles. The second-order valence-corrected chi connectivity index (χ2v) is 2.93. The average Bonchev–Trinajstić information content (AvgIpc) is 2.90. The van der Waals surface area contributed by atoms with Gasteiger partial charge in [-0.05, 0) is 12.1 Å². The molecule has 0 aliphatic carbocycles.